The summed E-state index contributed by atoms with van der Waals surface area (Å²) in [5, 5.41) is 4.01. The Morgan fingerprint density at radius 3 is 2.38 bits per heavy atom. The highest BCUT2D eigenvalue weighted by molar-refractivity contribution is 5.85. The fourth-order valence-electron chi connectivity index (χ4n) is 1.81. The van der Waals surface area contributed by atoms with E-state index in [0.29, 0.717) is 16.8 Å². The van der Waals surface area contributed by atoms with Crippen molar-refractivity contribution in [2.75, 3.05) is 0 Å². The number of halogens is 4. The van der Waals surface area contributed by atoms with Crippen LogP contribution in [0.5, 0.6) is 0 Å². The molecule has 0 amide bonds. The zero-order chi connectivity index (χ0) is 13.3. The van der Waals surface area contributed by atoms with Gasteiger partial charge in [0.1, 0.15) is 0 Å². The molecule has 21 heavy (non-hydrogen) atoms. The van der Waals surface area contributed by atoms with Crippen molar-refractivity contribution in [3.05, 3.63) is 41.7 Å². The van der Waals surface area contributed by atoms with Gasteiger partial charge < -0.3 is 5.73 Å². The number of nitrogens with zero attached hydrogens (tertiary/aromatic N) is 2. The van der Waals surface area contributed by atoms with Crippen LogP contribution in [0.4, 0.5) is 13.2 Å². The number of nitrogens with two attached hydrogens (primary N) is 1. The van der Waals surface area contributed by atoms with E-state index in [-0.39, 0.29) is 33.8 Å². The molecule has 0 spiro atoms. The van der Waals surface area contributed by atoms with Crippen LogP contribution in [0.25, 0.3) is 11.1 Å². The second-order valence-corrected chi connectivity index (χ2v) is 3.91. The van der Waals surface area contributed by atoms with E-state index in [2.05, 4.69) is 5.10 Å². The molecule has 1 aromatic heterocycles. The summed E-state index contributed by atoms with van der Waals surface area (Å²) in [5.41, 5.74) is 6.70. The van der Waals surface area contributed by atoms with Crippen LogP contribution >= 0.6 is 12.4 Å². The molecular formula is C14H21ClF3N3. The number of hydrogen-bond acceptors (Lipinski definition) is 2. The first-order valence-electron chi connectivity index (χ1n) is 5.32. The second-order valence-electron chi connectivity index (χ2n) is 3.91. The second kappa shape index (κ2) is 8.05. The van der Waals surface area contributed by atoms with E-state index in [9.17, 15) is 13.2 Å². The lowest BCUT2D eigenvalue weighted by molar-refractivity contribution is -0.137. The first-order valence-corrected chi connectivity index (χ1v) is 5.32. The molecule has 1 aromatic carbocycles. The van der Waals surface area contributed by atoms with Crippen molar-refractivity contribution in [3.8, 4) is 11.1 Å². The Hall–Kier alpha value is -1.53. The fourth-order valence-corrected chi connectivity index (χ4v) is 1.81. The summed E-state index contributed by atoms with van der Waals surface area (Å²) < 4.78 is 39.4. The van der Waals surface area contributed by atoms with E-state index in [1.54, 1.807) is 17.8 Å². The highest BCUT2D eigenvalue weighted by atomic mass is 35.5. The average Bonchev–Trinajstić information content (AvgIpc) is 2.69. The topological polar surface area (TPSA) is 43.8 Å². The molecule has 0 aliphatic rings. The van der Waals surface area contributed by atoms with E-state index in [1.165, 1.54) is 12.3 Å². The maximum Gasteiger partial charge on any atom is 0.416 e. The van der Waals surface area contributed by atoms with E-state index in [0.717, 1.165) is 12.1 Å². The Bertz CT molecular complexity index is 565. The first-order chi connectivity index (χ1) is 8.43. The van der Waals surface area contributed by atoms with Gasteiger partial charge in [0.2, 0.25) is 0 Å². The summed E-state index contributed by atoms with van der Waals surface area (Å²) in [4.78, 5) is 0. The summed E-state index contributed by atoms with van der Waals surface area (Å²) in [6, 6.07) is 5.15. The quantitative estimate of drug-likeness (QED) is 0.897. The van der Waals surface area contributed by atoms with Gasteiger partial charge in [0.05, 0.1) is 17.5 Å². The molecule has 0 aliphatic heterocycles. The number of aromatic nitrogens is 2. The standard InChI is InChI=1S/C12H12F3N3.2CH4.ClH/c1-18-11(6-16)10(7-17-18)8-3-2-4-9(5-8)12(13,14)15;;;/h2-5,7H,6,16H2,1H3;2*1H4;1H. The van der Waals surface area contributed by atoms with Gasteiger partial charge >= 0.3 is 6.18 Å². The van der Waals surface area contributed by atoms with Crippen LogP contribution in [0.15, 0.2) is 30.5 Å². The van der Waals surface area contributed by atoms with Crippen LogP contribution in [0, 0.1) is 0 Å². The summed E-state index contributed by atoms with van der Waals surface area (Å²) in [6.07, 6.45) is -2.82. The molecule has 1 heterocycles. The summed E-state index contributed by atoms with van der Waals surface area (Å²) in [6.45, 7) is 0.224. The molecule has 0 fully saturated rings. The molecule has 2 N–H and O–H groups in total. The van der Waals surface area contributed by atoms with E-state index >= 15 is 0 Å². The predicted molar refractivity (Wildman–Crippen MR) is 82.2 cm³/mol. The van der Waals surface area contributed by atoms with Crippen molar-refractivity contribution in [1.29, 1.82) is 0 Å². The van der Waals surface area contributed by atoms with Crippen molar-refractivity contribution in [1.82, 2.24) is 9.78 Å². The van der Waals surface area contributed by atoms with Crippen LogP contribution in [-0.2, 0) is 19.8 Å². The summed E-state index contributed by atoms with van der Waals surface area (Å²) in [7, 11) is 1.71. The van der Waals surface area contributed by atoms with Crippen LogP contribution < -0.4 is 5.73 Å². The lowest BCUT2D eigenvalue weighted by Gasteiger charge is -2.09. The van der Waals surface area contributed by atoms with Crippen LogP contribution in [0.3, 0.4) is 0 Å². The van der Waals surface area contributed by atoms with Crippen molar-refractivity contribution < 1.29 is 13.2 Å². The lowest BCUT2D eigenvalue weighted by Crippen LogP contribution is -2.06. The van der Waals surface area contributed by atoms with Gasteiger partial charge in [-0.05, 0) is 17.7 Å². The monoisotopic (exact) mass is 323 g/mol. The maximum atomic E-state index is 12.6. The van der Waals surface area contributed by atoms with E-state index < -0.39 is 11.7 Å². The van der Waals surface area contributed by atoms with Gasteiger partial charge in [-0.3, -0.25) is 4.68 Å². The van der Waals surface area contributed by atoms with Crippen LogP contribution in [-0.4, -0.2) is 9.78 Å². The van der Waals surface area contributed by atoms with Crippen molar-refractivity contribution in [3.63, 3.8) is 0 Å². The number of aryl methyl sites for hydroxylation is 1. The molecule has 3 nitrogen and oxygen atoms in total. The highest BCUT2D eigenvalue weighted by Gasteiger charge is 2.30. The molecule has 120 valence electrons. The van der Waals surface area contributed by atoms with Crippen molar-refractivity contribution >= 4 is 12.4 Å². The third-order valence-electron chi connectivity index (χ3n) is 2.76. The Morgan fingerprint density at radius 1 is 1.24 bits per heavy atom. The first kappa shape index (κ1) is 21.8. The molecule has 0 atom stereocenters. The minimum atomic E-state index is -4.35. The molecule has 0 saturated heterocycles. The number of alkyl halides is 3. The molecule has 2 rings (SSSR count). The highest BCUT2D eigenvalue weighted by Crippen LogP contribution is 2.32. The Kier molecular flexibility index (Phi) is 8.34. The van der Waals surface area contributed by atoms with Crippen LogP contribution in [0.2, 0.25) is 0 Å². The largest absolute Gasteiger partial charge is 0.416 e. The van der Waals surface area contributed by atoms with Gasteiger partial charge in [-0.15, -0.1) is 12.4 Å². The number of hydrogen-bond donors (Lipinski definition) is 1. The molecule has 0 saturated carbocycles. The van der Waals surface area contributed by atoms with Gasteiger partial charge in [0, 0.05) is 19.2 Å². The Balaban J connectivity index is 0. The zero-order valence-electron chi connectivity index (χ0n) is 10.1. The predicted octanol–water partition coefficient (Wildman–Crippen LogP) is 4.26. The normalized spacial score (nSPS) is 10.1. The minimum absolute atomic E-state index is 0. The zero-order valence-corrected chi connectivity index (χ0v) is 10.9. The van der Waals surface area contributed by atoms with Crippen LogP contribution in [0.1, 0.15) is 26.1 Å². The van der Waals surface area contributed by atoms with Crippen molar-refractivity contribution in [2.24, 2.45) is 12.8 Å². The van der Waals surface area contributed by atoms with Gasteiger partial charge in [0.15, 0.2) is 0 Å². The molecule has 0 radical (unpaired) electrons. The minimum Gasteiger partial charge on any atom is -0.325 e. The number of rotatable bonds is 2. The lowest BCUT2D eigenvalue weighted by atomic mass is 10.0. The van der Waals surface area contributed by atoms with Gasteiger partial charge in [-0.2, -0.15) is 18.3 Å². The summed E-state index contributed by atoms with van der Waals surface area (Å²) >= 11 is 0. The van der Waals surface area contributed by atoms with E-state index in [4.69, 9.17) is 5.73 Å². The molecule has 0 unspecified atom stereocenters. The molecule has 7 heteroatoms. The van der Waals surface area contributed by atoms with E-state index in [1.807, 2.05) is 0 Å². The summed E-state index contributed by atoms with van der Waals surface area (Å²) in [5.74, 6) is 0. The molecule has 0 aliphatic carbocycles. The third-order valence-corrected chi connectivity index (χ3v) is 2.76. The SMILES string of the molecule is C.C.Cl.Cn1ncc(-c2cccc(C(F)(F)F)c2)c1CN. The number of benzene rings is 1. The van der Waals surface area contributed by atoms with Crippen molar-refractivity contribution in [2.45, 2.75) is 27.6 Å². The smallest absolute Gasteiger partial charge is 0.325 e. The molecule has 0 bridgehead atoms. The van der Waals surface area contributed by atoms with Gasteiger partial charge in [0.25, 0.3) is 0 Å². The van der Waals surface area contributed by atoms with Gasteiger partial charge in [-0.25, -0.2) is 0 Å². The third kappa shape index (κ3) is 4.47. The maximum absolute atomic E-state index is 12.6. The van der Waals surface area contributed by atoms with Gasteiger partial charge in [-0.1, -0.05) is 27.0 Å². The molecular weight excluding hydrogens is 303 g/mol. The Labute approximate surface area is 129 Å². The molecule has 2 aromatic rings. The average molecular weight is 324 g/mol. The fraction of sp³-hybridized carbons (Fsp3) is 0.357. The Morgan fingerprint density at radius 2 is 1.86 bits per heavy atom.